The number of nitrogens with two attached hydrogens (primary N) is 1. The lowest BCUT2D eigenvalue weighted by molar-refractivity contribution is 0.602. The van der Waals surface area contributed by atoms with E-state index in [1.165, 1.54) is 17.1 Å². The molecule has 7 heteroatoms. The lowest BCUT2D eigenvalue weighted by Crippen LogP contribution is -2.06. The summed E-state index contributed by atoms with van der Waals surface area (Å²) in [5.74, 6) is 0.550. The predicted molar refractivity (Wildman–Crippen MR) is 67.1 cm³/mol. The molecule has 0 fully saturated rings. The van der Waals surface area contributed by atoms with Gasteiger partial charge in [-0.3, -0.25) is 0 Å². The van der Waals surface area contributed by atoms with E-state index in [1.807, 2.05) is 13.0 Å². The van der Waals surface area contributed by atoms with Gasteiger partial charge in [0, 0.05) is 18.5 Å². The monoisotopic (exact) mass is 266 g/mol. The van der Waals surface area contributed by atoms with Crippen molar-refractivity contribution in [3.63, 3.8) is 0 Å². The van der Waals surface area contributed by atoms with Gasteiger partial charge in [-0.25, -0.2) is 18.1 Å². The van der Waals surface area contributed by atoms with Crippen LogP contribution in [0.15, 0.2) is 35.6 Å². The van der Waals surface area contributed by atoms with Gasteiger partial charge in [0.15, 0.2) is 15.7 Å². The highest BCUT2D eigenvalue weighted by molar-refractivity contribution is 7.90. The standard InChI is InChI=1S/C11H14N4O2S/c1-8(12)9-3-4-11(13-5-9)15-7-10(6-14-15)18(2,16)17/h3-8H,12H2,1-2H3/t8-/m0/s1. The molecule has 0 unspecified atom stereocenters. The Morgan fingerprint density at radius 3 is 2.50 bits per heavy atom. The third kappa shape index (κ3) is 2.57. The highest BCUT2D eigenvalue weighted by Gasteiger charge is 2.11. The van der Waals surface area contributed by atoms with Gasteiger partial charge in [0.1, 0.15) is 4.90 Å². The summed E-state index contributed by atoms with van der Waals surface area (Å²) in [6, 6.07) is 3.50. The van der Waals surface area contributed by atoms with Gasteiger partial charge in [-0.05, 0) is 18.6 Å². The number of nitrogens with zero attached hydrogens (tertiary/aromatic N) is 3. The molecule has 0 saturated heterocycles. The summed E-state index contributed by atoms with van der Waals surface area (Å²) in [7, 11) is -3.24. The van der Waals surface area contributed by atoms with Crippen molar-refractivity contribution in [2.24, 2.45) is 5.73 Å². The van der Waals surface area contributed by atoms with E-state index in [1.54, 1.807) is 12.3 Å². The van der Waals surface area contributed by atoms with Gasteiger partial charge in [0.25, 0.3) is 0 Å². The highest BCUT2D eigenvalue weighted by Crippen LogP contribution is 2.13. The maximum atomic E-state index is 11.3. The van der Waals surface area contributed by atoms with Crippen LogP contribution in [0.1, 0.15) is 18.5 Å². The number of hydrogen-bond donors (Lipinski definition) is 1. The molecular formula is C11H14N4O2S. The Bertz CT molecular complexity index is 644. The Morgan fingerprint density at radius 1 is 1.33 bits per heavy atom. The average Bonchev–Trinajstić information content (AvgIpc) is 2.78. The Balaban J connectivity index is 2.35. The second kappa shape index (κ2) is 4.51. The summed E-state index contributed by atoms with van der Waals surface area (Å²) in [4.78, 5) is 4.36. The van der Waals surface area contributed by atoms with Gasteiger partial charge in [-0.1, -0.05) is 6.07 Å². The van der Waals surface area contributed by atoms with Crippen molar-refractivity contribution in [2.45, 2.75) is 17.9 Å². The van der Waals surface area contributed by atoms with Crippen LogP contribution in [0.25, 0.3) is 5.82 Å². The zero-order valence-electron chi connectivity index (χ0n) is 10.1. The molecule has 0 aromatic carbocycles. The molecule has 2 rings (SSSR count). The van der Waals surface area contributed by atoms with E-state index in [2.05, 4.69) is 10.1 Å². The van der Waals surface area contributed by atoms with Gasteiger partial charge in [0.2, 0.25) is 0 Å². The van der Waals surface area contributed by atoms with E-state index in [0.29, 0.717) is 5.82 Å². The first kappa shape index (κ1) is 12.7. The molecule has 2 heterocycles. The second-order valence-corrected chi connectivity index (χ2v) is 6.15. The topological polar surface area (TPSA) is 90.9 Å². The SMILES string of the molecule is C[C@H](N)c1ccc(-n2cc(S(C)(=O)=O)cn2)nc1. The van der Waals surface area contributed by atoms with E-state index >= 15 is 0 Å². The molecule has 0 spiro atoms. The van der Waals surface area contributed by atoms with Crippen molar-refractivity contribution < 1.29 is 8.42 Å². The smallest absolute Gasteiger partial charge is 0.178 e. The summed E-state index contributed by atoms with van der Waals surface area (Å²) in [6.45, 7) is 1.87. The quantitative estimate of drug-likeness (QED) is 0.882. The second-order valence-electron chi connectivity index (χ2n) is 4.13. The summed E-state index contributed by atoms with van der Waals surface area (Å²) in [5, 5.41) is 3.97. The molecule has 0 aliphatic carbocycles. The van der Waals surface area contributed by atoms with Gasteiger partial charge in [-0.15, -0.1) is 0 Å². The molecule has 0 aliphatic rings. The van der Waals surface area contributed by atoms with Crippen molar-refractivity contribution in [2.75, 3.05) is 6.26 Å². The molecule has 0 radical (unpaired) electrons. The normalized spacial score (nSPS) is 13.5. The molecular weight excluding hydrogens is 252 g/mol. The first-order valence-corrected chi connectivity index (χ1v) is 7.23. The lowest BCUT2D eigenvalue weighted by Gasteiger charge is -2.05. The minimum Gasteiger partial charge on any atom is -0.324 e. The number of rotatable bonds is 3. The largest absolute Gasteiger partial charge is 0.324 e. The van der Waals surface area contributed by atoms with Crippen LogP contribution in [0.2, 0.25) is 0 Å². The van der Waals surface area contributed by atoms with Crippen LogP contribution < -0.4 is 5.73 Å². The van der Waals surface area contributed by atoms with Crippen molar-refractivity contribution in [3.8, 4) is 5.82 Å². The van der Waals surface area contributed by atoms with Crippen molar-refractivity contribution in [3.05, 3.63) is 36.3 Å². The molecule has 2 aromatic heterocycles. The van der Waals surface area contributed by atoms with Crippen LogP contribution in [-0.4, -0.2) is 29.4 Å². The lowest BCUT2D eigenvalue weighted by atomic mass is 10.2. The molecule has 0 bridgehead atoms. The minimum atomic E-state index is -3.24. The summed E-state index contributed by atoms with van der Waals surface area (Å²) < 4.78 is 24.1. The van der Waals surface area contributed by atoms with Gasteiger partial charge < -0.3 is 5.73 Å². The Labute approximate surface area is 105 Å². The Kier molecular flexibility index (Phi) is 3.18. The molecule has 2 N–H and O–H groups in total. The van der Waals surface area contributed by atoms with E-state index < -0.39 is 9.84 Å². The highest BCUT2D eigenvalue weighted by atomic mass is 32.2. The average molecular weight is 266 g/mol. The van der Waals surface area contributed by atoms with E-state index in [4.69, 9.17) is 5.73 Å². The third-order valence-electron chi connectivity index (χ3n) is 2.52. The van der Waals surface area contributed by atoms with Crippen LogP contribution in [0.4, 0.5) is 0 Å². The van der Waals surface area contributed by atoms with E-state index in [-0.39, 0.29) is 10.9 Å². The molecule has 18 heavy (non-hydrogen) atoms. The van der Waals surface area contributed by atoms with Crippen LogP contribution in [0.5, 0.6) is 0 Å². The van der Waals surface area contributed by atoms with Crippen molar-refractivity contribution in [1.82, 2.24) is 14.8 Å². The van der Waals surface area contributed by atoms with Crippen LogP contribution in [0.3, 0.4) is 0 Å². The fraction of sp³-hybridized carbons (Fsp3) is 0.273. The minimum absolute atomic E-state index is 0.0873. The molecule has 1 atom stereocenters. The Hall–Kier alpha value is -1.73. The number of pyridine rings is 1. The summed E-state index contributed by atoms with van der Waals surface area (Å²) >= 11 is 0. The Morgan fingerprint density at radius 2 is 2.06 bits per heavy atom. The molecule has 0 saturated carbocycles. The molecule has 2 aromatic rings. The van der Waals surface area contributed by atoms with Gasteiger partial charge in [-0.2, -0.15) is 5.10 Å². The summed E-state index contributed by atoms with van der Waals surface area (Å²) in [5.41, 5.74) is 6.63. The maximum absolute atomic E-state index is 11.3. The fourth-order valence-electron chi connectivity index (χ4n) is 1.43. The molecule has 0 aliphatic heterocycles. The zero-order valence-corrected chi connectivity index (χ0v) is 10.9. The first-order chi connectivity index (χ1) is 8.38. The first-order valence-electron chi connectivity index (χ1n) is 5.34. The predicted octanol–water partition coefficient (Wildman–Crippen LogP) is 0.690. The van der Waals surface area contributed by atoms with Crippen LogP contribution in [0, 0.1) is 0 Å². The van der Waals surface area contributed by atoms with Crippen LogP contribution in [-0.2, 0) is 9.84 Å². The van der Waals surface area contributed by atoms with E-state index in [0.717, 1.165) is 11.8 Å². The fourth-order valence-corrected chi connectivity index (χ4v) is 1.96. The number of sulfone groups is 1. The number of hydrogen-bond acceptors (Lipinski definition) is 5. The van der Waals surface area contributed by atoms with Gasteiger partial charge >= 0.3 is 0 Å². The molecule has 0 amide bonds. The summed E-state index contributed by atoms with van der Waals surface area (Å²) in [6.07, 6.45) is 5.53. The van der Waals surface area contributed by atoms with Crippen LogP contribution >= 0.6 is 0 Å². The molecule has 6 nitrogen and oxygen atoms in total. The maximum Gasteiger partial charge on any atom is 0.178 e. The van der Waals surface area contributed by atoms with Crippen molar-refractivity contribution in [1.29, 1.82) is 0 Å². The van der Waals surface area contributed by atoms with Gasteiger partial charge in [0.05, 0.1) is 12.4 Å². The zero-order chi connectivity index (χ0) is 13.3. The molecule has 96 valence electrons. The van der Waals surface area contributed by atoms with Crippen molar-refractivity contribution >= 4 is 9.84 Å². The van der Waals surface area contributed by atoms with E-state index in [9.17, 15) is 8.42 Å². The third-order valence-corrected chi connectivity index (χ3v) is 3.59. The number of aromatic nitrogens is 3.